The minimum Gasteiger partial charge on any atom is -0.476 e. The Balaban J connectivity index is 2.64. The van der Waals surface area contributed by atoms with Gasteiger partial charge in [0.2, 0.25) is 5.91 Å². The number of anilines is 1. The number of hydrogen-bond donors (Lipinski definition) is 2. The second kappa shape index (κ2) is 5.95. The molecule has 1 aromatic rings. The Morgan fingerprint density at radius 3 is 2.50 bits per heavy atom. The Morgan fingerprint density at radius 2 is 2.06 bits per heavy atom. The average molecular weight is 252 g/mol. The first-order valence-electron chi connectivity index (χ1n) is 5.47. The Bertz CT molecular complexity index is 430. The van der Waals surface area contributed by atoms with E-state index in [0.29, 0.717) is 5.82 Å². The molecule has 2 N–H and O–H groups in total. The lowest BCUT2D eigenvalue weighted by Crippen LogP contribution is -2.38. The van der Waals surface area contributed by atoms with Crippen molar-refractivity contribution in [2.75, 3.05) is 18.5 Å². The van der Waals surface area contributed by atoms with E-state index in [1.807, 2.05) is 13.8 Å². The van der Waals surface area contributed by atoms with Crippen LogP contribution < -0.4 is 10.2 Å². The van der Waals surface area contributed by atoms with Crippen molar-refractivity contribution in [2.45, 2.75) is 19.9 Å². The predicted octanol–water partition coefficient (Wildman–Crippen LogP) is 0.136. The zero-order valence-corrected chi connectivity index (χ0v) is 10.5. The molecule has 0 aliphatic carbocycles. The third-order valence-corrected chi connectivity index (χ3v) is 2.09. The highest BCUT2D eigenvalue weighted by Gasteiger charge is 2.11. The summed E-state index contributed by atoms with van der Waals surface area (Å²) in [6.07, 6.45) is 0. The quantitative estimate of drug-likeness (QED) is 0.773. The molecule has 0 atom stereocenters. The molecule has 0 aliphatic rings. The second-order valence-electron chi connectivity index (χ2n) is 4.16. The third kappa shape index (κ3) is 4.00. The molecule has 0 bridgehead atoms. The van der Waals surface area contributed by atoms with E-state index in [0.717, 1.165) is 0 Å². The molecule has 1 amide bonds. The van der Waals surface area contributed by atoms with Gasteiger partial charge in [-0.15, -0.1) is 10.2 Å². The summed E-state index contributed by atoms with van der Waals surface area (Å²) in [5.74, 6) is -0.815. The Kier molecular flexibility index (Phi) is 4.59. The number of aromatic nitrogens is 2. The first-order valence-corrected chi connectivity index (χ1v) is 5.47. The van der Waals surface area contributed by atoms with Crippen LogP contribution in [0.3, 0.4) is 0 Å². The number of likely N-dealkylation sites (N-methyl/N-ethyl adjacent to an activating group) is 1. The fourth-order valence-corrected chi connectivity index (χ4v) is 1.31. The monoisotopic (exact) mass is 252 g/mol. The van der Waals surface area contributed by atoms with Gasteiger partial charge in [-0.1, -0.05) is 0 Å². The molecule has 0 aliphatic heterocycles. The van der Waals surface area contributed by atoms with Gasteiger partial charge in [-0.25, -0.2) is 4.79 Å². The van der Waals surface area contributed by atoms with E-state index in [1.54, 1.807) is 11.9 Å². The highest BCUT2D eigenvalue weighted by molar-refractivity contribution is 5.85. The molecule has 0 saturated heterocycles. The molecule has 7 heteroatoms. The van der Waals surface area contributed by atoms with E-state index in [2.05, 4.69) is 15.5 Å². The standard InChI is InChI=1S/C11H16N4O3/c1-7(2)12-10(16)6-15(3)9-5-4-8(11(17)18)13-14-9/h4-5,7H,6H2,1-3H3,(H,12,16)(H,17,18). The van der Waals surface area contributed by atoms with Crippen LogP contribution in [-0.4, -0.2) is 46.8 Å². The molecule has 7 nitrogen and oxygen atoms in total. The van der Waals surface area contributed by atoms with Gasteiger partial charge in [0.15, 0.2) is 11.5 Å². The van der Waals surface area contributed by atoms with Gasteiger partial charge in [0, 0.05) is 13.1 Å². The maximum absolute atomic E-state index is 11.5. The largest absolute Gasteiger partial charge is 0.476 e. The lowest BCUT2D eigenvalue weighted by molar-refractivity contribution is -0.120. The van der Waals surface area contributed by atoms with Gasteiger partial charge in [-0.05, 0) is 26.0 Å². The van der Waals surface area contributed by atoms with Crippen molar-refractivity contribution < 1.29 is 14.7 Å². The fourth-order valence-electron chi connectivity index (χ4n) is 1.31. The van der Waals surface area contributed by atoms with Gasteiger partial charge in [0.05, 0.1) is 6.54 Å². The molecule has 1 aromatic heterocycles. The highest BCUT2D eigenvalue weighted by atomic mass is 16.4. The molecule has 0 unspecified atom stereocenters. The molecular formula is C11H16N4O3. The SMILES string of the molecule is CC(C)NC(=O)CN(C)c1ccc(C(=O)O)nn1. The van der Waals surface area contributed by atoms with Gasteiger partial charge in [0.25, 0.3) is 0 Å². The topological polar surface area (TPSA) is 95.4 Å². The van der Waals surface area contributed by atoms with Gasteiger partial charge in [-0.3, -0.25) is 4.79 Å². The third-order valence-electron chi connectivity index (χ3n) is 2.09. The molecule has 0 spiro atoms. The molecule has 18 heavy (non-hydrogen) atoms. The molecule has 0 radical (unpaired) electrons. The van der Waals surface area contributed by atoms with Crippen LogP contribution >= 0.6 is 0 Å². The summed E-state index contributed by atoms with van der Waals surface area (Å²) in [5.41, 5.74) is -0.126. The number of aromatic carboxylic acids is 1. The van der Waals surface area contributed by atoms with Crippen LogP contribution in [0.1, 0.15) is 24.3 Å². The van der Waals surface area contributed by atoms with Gasteiger partial charge in [0.1, 0.15) is 0 Å². The maximum atomic E-state index is 11.5. The summed E-state index contributed by atoms with van der Waals surface area (Å²) >= 11 is 0. The normalized spacial score (nSPS) is 10.2. The highest BCUT2D eigenvalue weighted by Crippen LogP contribution is 2.06. The van der Waals surface area contributed by atoms with Crippen molar-refractivity contribution >= 4 is 17.7 Å². The van der Waals surface area contributed by atoms with Crippen LogP contribution in [0.4, 0.5) is 5.82 Å². The number of carboxylic acid groups (broad SMARTS) is 1. The smallest absolute Gasteiger partial charge is 0.356 e. The van der Waals surface area contributed by atoms with E-state index >= 15 is 0 Å². The second-order valence-corrected chi connectivity index (χ2v) is 4.16. The Morgan fingerprint density at radius 1 is 1.39 bits per heavy atom. The number of rotatable bonds is 5. The Labute approximate surface area is 105 Å². The summed E-state index contributed by atoms with van der Waals surface area (Å²) < 4.78 is 0. The number of carbonyl (C=O) groups excluding carboxylic acids is 1. The average Bonchev–Trinajstić information content (AvgIpc) is 2.27. The predicted molar refractivity (Wildman–Crippen MR) is 65.5 cm³/mol. The summed E-state index contributed by atoms with van der Waals surface area (Å²) in [7, 11) is 1.68. The number of nitrogens with one attached hydrogen (secondary N) is 1. The number of carboxylic acids is 1. The van der Waals surface area contributed by atoms with Crippen molar-refractivity contribution in [3.63, 3.8) is 0 Å². The zero-order valence-electron chi connectivity index (χ0n) is 10.5. The maximum Gasteiger partial charge on any atom is 0.356 e. The number of amides is 1. The van der Waals surface area contributed by atoms with Crippen molar-refractivity contribution in [3.8, 4) is 0 Å². The van der Waals surface area contributed by atoms with Gasteiger partial charge in [-0.2, -0.15) is 0 Å². The van der Waals surface area contributed by atoms with Crippen LogP contribution in [0.15, 0.2) is 12.1 Å². The zero-order chi connectivity index (χ0) is 13.7. The first kappa shape index (κ1) is 13.9. The summed E-state index contributed by atoms with van der Waals surface area (Å²) in [6, 6.07) is 2.94. The van der Waals surface area contributed by atoms with E-state index < -0.39 is 5.97 Å². The van der Waals surface area contributed by atoms with E-state index in [9.17, 15) is 9.59 Å². The van der Waals surface area contributed by atoms with Crippen molar-refractivity contribution in [3.05, 3.63) is 17.8 Å². The minimum atomic E-state index is -1.13. The Hall–Kier alpha value is -2.18. The molecule has 0 fully saturated rings. The number of carbonyl (C=O) groups is 2. The van der Waals surface area contributed by atoms with Crippen molar-refractivity contribution in [1.82, 2.24) is 15.5 Å². The van der Waals surface area contributed by atoms with E-state index in [4.69, 9.17) is 5.11 Å². The molecule has 0 saturated carbocycles. The number of hydrogen-bond acceptors (Lipinski definition) is 5. The van der Waals surface area contributed by atoms with E-state index in [-0.39, 0.29) is 24.2 Å². The first-order chi connectivity index (χ1) is 8.40. The summed E-state index contributed by atoms with van der Waals surface area (Å²) in [5, 5.41) is 18.7. The van der Waals surface area contributed by atoms with Crippen LogP contribution in [0.25, 0.3) is 0 Å². The molecule has 0 aromatic carbocycles. The van der Waals surface area contributed by atoms with Gasteiger partial charge < -0.3 is 15.3 Å². The van der Waals surface area contributed by atoms with Crippen molar-refractivity contribution in [1.29, 1.82) is 0 Å². The molecular weight excluding hydrogens is 236 g/mol. The summed E-state index contributed by atoms with van der Waals surface area (Å²) in [4.78, 5) is 23.7. The molecule has 98 valence electrons. The van der Waals surface area contributed by atoms with Crippen LogP contribution in [0.2, 0.25) is 0 Å². The molecule has 1 rings (SSSR count). The van der Waals surface area contributed by atoms with Gasteiger partial charge >= 0.3 is 5.97 Å². The lowest BCUT2D eigenvalue weighted by atomic mass is 10.3. The lowest BCUT2D eigenvalue weighted by Gasteiger charge is -2.17. The number of nitrogens with zero attached hydrogens (tertiary/aromatic N) is 3. The van der Waals surface area contributed by atoms with Crippen molar-refractivity contribution in [2.24, 2.45) is 0 Å². The van der Waals surface area contributed by atoms with Crippen LogP contribution in [0, 0.1) is 0 Å². The fraction of sp³-hybridized carbons (Fsp3) is 0.455. The van der Waals surface area contributed by atoms with E-state index in [1.165, 1.54) is 12.1 Å². The van der Waals surface area contributed by atoms with Crippen LogP contribution in [-0.2, 0) is 4.79 Å². The molecule has 1 heterocycles. The summed E-state index contributed by atoms with van der Waals surface area (Å²) in [6.45, 7) is 3.89. The van der Waals surface area contributed by atoms with Crippen LogP contribution in [0.5, 0.6) is 0 Å². The minimum absolute atomic E-state index is 0.0753.